The molecular formula is C11H22N2O4. The third kappa shape index (κ3) is 6.78. The first kappa shape index (κ1) is 15.7. The van der Waals surface area contributed by atoms with Crippen LogP contribution < -0.4 is 5.32 Å². The molecule has 2 amide bonds. The van der Waals surface area contributed by atoms with Crippen molar-refractivity contribution in [2.45, 2.75) is 38.6 Å². The van der Waals surface area contributed by atoms with E-state index in [-0.39, 0.29) is 12.6 Å². The Morgan fingerprint density at radius 1 is 1.29 bits per heavy atom. The molecule has 3 N–H and O–H groups in total. The summed E-state index contributed by atoms with van der Waals surface area (Å²) < 4.78 is 0. The number of nitrogens with zero attached hydrogens (tertiary/aromatic N) is 1. The number of unbranched alkanes of at least 4 members (excludes halogenated alkanes) is 2. The van der Waals surface area contributed by atoms with Crippen LogP contribution in [0.5, 0.6) is 0 Å². The molecule has 6 heteroatoms. The third-order valence-corrected chi connectivity index (χ3v) is 2.50. The topological polar surface area (TPSA) is 89.9 Å². The number of hydrogen-bond acceptors (Lipinski definition) is 3. The first-order chi connectivity index (χ1) is 8.02. The lowest BCUT2D eigenvalue weighted by atomic mass is 10.2. The van der Waals surface area contributed by atoms with E-state index in [1.807, 2.05) is 0 Å². The maximum absolute atomic E-state index is 11.6. The SMILES string of the molecule is CC[C@@H](NC(=O)N(C)CCCCCO)C(=O)O. The smallest absolute Gasteiger partial charge is 0.326 e. The molecular weight excluding hydrogens is 224 g/mol. The molecule has 0 spiro atoms. The van der Waals surface area contributed by atoms with Crippen molar-refractivity contribution in [3.63, 3.8) is 0 Å². The summed E-state index contributed by atoms with van der Waals surface area (Å²) in [6.07, 6.45) is 2.74. The van der Waals surface area contributed by atoms with Gasteiger partial charge >= 0.3 is 12.0 Å². The average Bonchev–Trinajstić information content (AvgIpc) is 2.30. The van der Waals surface area contributed by atoms with Gasteiger partial charge in [-0.3, -0.25) is 0 Å². The van der Waals surface area contributed by atoms with Gasteiger partial charge in [-0.1, -0.05) is 6.92 Å². The molecule has 0 aromatic heterocycles. The minimum Gasteiger partial charge on any atom is -0.480 e. The number of aliphatic carboxylic acids is 1. The summed E-state index contributed by atoms with van der Waals surface area (Å²) in [5, 5.41) is 19.8. The van der Waals surface area contributed by atoms with E-state index in [0.29, 0.717) is 13.0 Å². The molecule has 0 fully saturated rings. The van der Waals surface area contributed by atoms with Crippen molar-refractivity contribution in [2.24, 2.45) is 0 Å². The Morgan fingerprint density at radius 3 is 2.41 bits per heavy atom. The molecule has 0 aromatic carbocycles. The predicted octanol–water partition coefficient (Wildman–Crippen LogP) is 0.654. The summed E-state index contributed by atoms with van der Waals surface area (Å²) in [6, 6.07) is -1.20. The fraction of sp³-hybridized carbons (Fsp3) is 0.818. The Bertz CT molecular complexity index is 246. The number of rotatable bonds is 8. The number of urea groups is 1. The van der Waals surface area contributed by atoms with Crippen molar-refractivity contribution < 1.29 is 19.8 Å². The zero-order valence-corrected chi connectivity index (χ0v) is 10.5. The molecule has 0 rings (SSSR count). The van der Waals surface area contributed by atoms with Gasteiger partial charge in [0.25, 0.3) is 0 Å². The standard InChI is InChI=1S/C11H22N2O4/c1-3-9(10(15)16)12-11(17)13(2)7-5-4-6-8-14/h9,14H,3-8H2,1-2H3,(H,12,17)(H,15,16)/t9-/m1/s1. The van der Waals surface area contributed by atoms with Crippen molar-refractivity contribution >= 4 is 12.0 Å². The van der Waals surface area contributed by atoms with Crippen LogP contribution in [0.25, 0.3) is 0 Å². The molecule has 0 heterocycles. The van der Waals surface area contributed by atoms with Crippen LogP contribution in [-0.2, 0) is 4.79 Å². The summed E-state index contributed by atoms with van der Waals surface area (Å²) in [4.78, 5) is 23.8. The second-order valence-corrected chi connectivity index (χ2v) is 3.95. The number of amides is 2. The van der Waals surface area contributed by atoms with Crippen LogP contribution in [0.15, 0.2) is 0 Å². The van der Waals surface area contributed by atoms with Gasteiger partial charge in [0.2, 0.25) is 0 Å². The van der Waals surface area contributed by atoms with E-state index < -0.39 is 12.0 Å². The quantitative estimate of drug-likeness (QED) is 0.549. The fourth-order valence-corrected chi connectivity index (χ4v) is 1.34. The van der Waals surface area contributed by atoms with E-state index >= 15 is 0 Å². The number of carboxylic acids is 1. The molecule has 6 nitrogen and oxygen atoms in total. The van der Waals surface area contributed by atoms with Gasteiger partial charge in [0.1, 0.15) is 6.04 Å². The highest BCUT2D eigenvalue weighted by molar-refractivity contribution is 5.82. The van der Waals surface area contributed by atoms with Crippen LogP contribution >= 0.6 is 0 Å². The van der Waals surface area contributed by atoms with E-state index in [4.69, 9.17) is 10.2 Å². The Balaban J connectivity index is 3.91. The van der Waals surface area contributed by atoms with Gasteiger partial charge in [-0.2, -0.15) is 0 Å². The maximum atomic E-state index is 11.6. The van der Waals surface area contributed by atoms with Crippen molar-refractivity contribution in [3.8, 4) is 0 Å². The van der Waals surface area contributed by atoms with Gasteiger partial charge in [-0.05, 0) is 25.7 Å². The summed E-state index contributed by atoms with van der Waals surface area (Å²) in [7, 11) is 1.63. The lowest BCUT2D eigenvalue weighted by molar-refractivity contribution is -0.139. The van der Waals surface area contributed by atoms with Gasteiger partial charge in [0.05, 0.1) is 0 Å². The second kappa shape index (κ2) is 8.81. The van der Waals surface area contributed by atoms with Crippen LogP contribution in [0.2, 0.25) is 0 Å². The van der Waals surface area contributed by atoms with Crippen LogP contribution in [0, 0.1) is 0 Å². The highest BCUT2D eigenvalue weighted by atomic mass is 16.4. The van der Waals surface area contributed by atoms with Gasteiger partial charge in [-0.15, -0.1) is 0 Å². The number of hydrogen-bond donors (Lipinski definition) is 3. The lowest BCUT2D eigenvalue weighted by Crippen LogP contribution is -2.46. The van der Waals surface area contributed by atoms with Crippen LogP contribution in [-0.4, -0.2) is 53.4 Å². The van der Waals surface area contributed by atoms with Crippen LogP contribution in [0.4, 0.5) is 4.79 Å². The number of aliphatic hydroxyl groups excluding tert-OH is 1. The lowest BCUT2D eigenvalue weighted by Gasteiger charge is -2.20. The minimum absolute atomic E-state index is 0.160. The predicted molar refractivity (Wildman–Crippen MR) is 63.8 cm³/mol. The Morgan fingerprint density at radius 2 is 1.94 bits per heavy atom. The van der Waals surface area contributed by atoms with Gasteiger partial charge < -0.3 is 20.4 Å². The van der Waals surface area contributed by atoms with Crippen molar-refractivity contribution in [1.82, 2.24) is 10.2 Å². The molecule has 1 atom stereocenters. The Hall–Kier alpha value is -1.30. The molecule has 0 radical (unpaired) electrons. The van der Waals surface area contributed by atoms with E-state index in [9.17, 15) is 9.59 Å². The molecule has 17 heavy (non-hydrogen) atoms. The van der Waals surface area contributed by atoms with Gasteiger partial charge in [0.15, 0.2) is 0 Å². The highest BCUT2D eigenvalue weighted by Crippen LogP contribution is 1.98. The monoisotopic (exact) mass is 246 g/mol. The Labute approximate surface area is 102 Å². The molecule has 0 bridgehead atoms. The summed E-state index contributed by atoms with van der Waals surface area (Å²) in [5.41, 5.74) is 0. The minimum atomic E-state index is -1.02. The molecule has 0 aliphatic rings. The van der Waals surface area contributed by atoms with Crippen LogP contribution in [0.1, 0.15) is 32.6 Å². The zero-order valence-electron chi connectivity index (χ0n) is 10.5. The number of aliphatic hydroxyl groups is 1. The molecule has 0 aliphatic heterocycles. The van der Waals surface area contributed by atoms with Crippen molar-refractivity contribution in [3.05, 3.63) is 0 Å². The van der Waals surface area contributed by atoms with Crippen LogP contribution in [0.3, 0.4) is 0 Å². The Kier molecular flexibility index (Phi) is 8.13. The van der Waals surface area contributed by atoms with E-state index in [1.54, 1.807) is 14.0 Å². The molecule has 0 saturated heterocycles. The molecule has 0 aromatic rings. The summed E-state index contributed by atoms with van der Waals surface area (Å²) in [5.74, 6) is -1.02. The number of carbonyl (C=O) groups excluding carboxylic acids is 1. The van der Waals surface area contributed by atoms with Crippen molar-refractivity contribution in [1.29, 1.82) is 0 Å². The maximum Gasteiger partial charge on any atom is 0.326 e. The normalized spacial score (nSPS) is 11.9. The summed E-state index contributed by atoms with van der Waals surface area (Å²) in [6.45, 7) is 2.43. The van der Waals surface area contributed by atoms with Gasteiger partial charge in [-0.25, -0.2) is 9.59 Å². The molecule has 0 unspecified atom stereocenters. The highest BCUT2D eigenvalue weighted by Gasteiger charge is 2.19. The van der Waals surface area contributed by atoms with Gasteiger partial charge in [0, 0.05) is 20.2 Å². The van der Waals surface area contributed by atoms with E-state index in [2.05, 4.69) is 5.32 Å². The number of nitrogens with one attached hydrogen (secondary N) is 1. The third-order valence-electron chi connectivity index (χ3n) is 2.50. The summed E-state index contributed by atoms with van der Waals surface area (Å²) >= 11 is 0. The molecule has 0 aliphatic carbocycles. The molecule has 100 valence electrons. The number of carbonyl (C=O) groups is 2. The first-order valence-corrected chi connectivity index (χ1v) is 5.88. The largest absolute Gasteiger partial charge is 0.480 e. The zero-order chi connectivity index (χ0) is 13.3. The average molecular weight is 246 g/mol. The number of carboxylic acid groups (broad SMARTS) is 1. The van der Waals surface area contributed by atoms with E-state index in [0.717, 1.165) is 19.3 Å². The molecule has 0 saturated carbocycles. The van der Waals surface area contributed by atoms with E-state index in [1.165, 1.54) is 4.90 Å². The fourth-order valence-electron chi connectivity index (χ4n) is 1.34. The second-order valence-electron chi connectivity index (χ2n) is 3.95. The van der Waals surface area contributed by atoms with Crippen molar-refractivity contribution in [2.75, 3.05) is 20.2 Å². The first-order valence-electron chi connectivity index (χ1n) is 5.88.